The topological polar surface area (TPSA) is 64.6 Å². The Morgan fingerprint density at radius 2 is 1.48 bits per heavy atom. The highest BCUT2D eigenvalue weighted by molar-refractivity contribution is 6.04. The quantitative estimate of drug-likeness (QED) is 0.661. The van der Waals surface area contributed by atoms with Crippen LogP contribution in [0.1, 0.15) is 26.3 Å². The highest BCUT2D eigenvalue weighted by Crippen LogP contribution is 2.22. The highest BCUT2D eigenvalue weighted by atomic mass is 16.5. The number of hydrogen-bond acceptors (Lipinski definition) is 4. The Hall–Kier alpha value is -3.60. The van der Waals surface area contributed by atoms with Gasteiger partial charge in [0.15, 0.2) is 0 Å². The zero-order valence-electron chi connectivity index (χ0n) is 15.1. The van der Waals surface area contributed by atoms with Crippen molar-refractivity contribution in [1.82, 2.24) is 0 Å². The summed E-state index contributed by atoms with van der Waals surface area (Å²) in [6, 6.07) is 21.1. The molecule has 5 heteroatoms. The number of benzene rings is 3. The van der Waals surface area contributed by atoms with Gasteiger partial charge in [0.2, 0.25) is 0 Å². The van der Waals surface area contributed by atoms with Gasteiger partial charge in [0, 0.05) is 11.3 Å². The molecular weight excluding hydrogens is 342 g/mol. The molecule has 0 bridgehead atoms. The summed E-state index contributed by atoms with van der Waals surface area (Å²) in [5.41, 5.74) is 2.63. The van der Waals surface area contributed by atoms with Crippen LogP contribution >= 0.6 is 0 Å². The molecule has 0 unspecified atom stereocenters. The van der Waals surface area contributed by atoms with Crippen LogP contribution in [0, 0.1) is 6.92 Å². The minimum absolute atomic E-state index is 0.247. The zero-order chi connectivity index (χ0) is 19.2. The van der Waals surface area contributed by atoms with Gasteiger partial charge in [-0.3, -0.25) is 4.79 Å². The number of nitrogens with one attached hydrogen (secondary N) is 1. The first-order valence-corrected chi connectivity index (χ1v) is 8.39. The van der Waals surface area contributed by atoms with Crippen molar-refractivity contribution in [2.75, 3.05) is 12.4 Å². The maximum absolute atomic E-state index is 12.4. The van der Waals surface area contributed by atoms with Crippen LogP contribution in [-0.4, -0.2) is 19.0 Å². The second kappa shape index (κ2) is 8.19. The molecule has 0 aliphatic heterocycles. The van der Waals surface area contributed by atoms with Crippen LogP contribution in [0.5, 0.6) is 11.5 Å². The van der Waals surface area contributed by atoms with Gasteiger partial charge in [-0.1, -0.05) is 12.1 Å². The predicted molar refractivity (Wildman–Crippen MR) is 103 cm³/mol. The van der Waals surface area contributed by atoms with Crippen molar-refractivity contribution in [2.45, 2.75) is 6.92 Å². The molecule has 0 radical (unpaired) electrons. The van der Waals surface area contributed by atoms with E-state index in [2.05, 4.69) is 10.1 Å². The van der Waals surface area contributed by atoms with E-state index in [1.807, 2.05) is 31.2 Å². The minimum Gasteiger partial charge on any atom is -0.465 e. The molecule has 0 saturated carbocycles. The van der Waals surface area contributed by atoms with E-state index < -0.39 is 5.97 Å². The van der Waals surface area contributed by atoms with Gasteiger partial charge in [-0.15, -0.1) is 0 Å². The normalized spacial score (nSPS) is 10.1. The largest absolute Gasteiger partial charge is 0.465 e. The number of rotatable bonds is 5. The van der Waals surface area contributed by atoms with Crippen molar-refractivity contribution in [1.29, 1.82) is 0 Å². The van der Waals surface area contributed by atoms with E-state index in [4.69, 9.17) is 4.74 Å². The lowest BCUT2D eigenvalue weighted by atomic mass is 10.1. The van der Waals surface area contributed by atoms with Crippen molar-refractivity contribution in [3.63, 3.8) is 0 Å². The van der Waals surface area contributed by atoms with Gasteiger partial charge in [0.25, 0.3) is 5.91 Å². The van der Waals surface area contributed by atoms with Crippen LogP contribution in [-0.2, 0) is 4.74 Å². The summed E-state index contributed by atoms with van der Waals surface area (Å²) in [6.45, 7) is 2.00. The van der Waals surface area contributed by atoms with Gasteiger partial charge in [-0.05, 0) is 73.2 Å². The lowest BCUT2D eigenvalue weighted by Crippen LogP contribution is -2.12. The van der Waals surface area contributed by atoms with Crippen LogP contribution in [0.4, 0.5) is 5.69 Å². The molecule has 0 atom stereocenters. The summed E-state index contributed by atoms with van der Waals surface area (Å²) in [4.78, 5) is 23.8. The van der Waals surface area contributed by atoms with E-state index in [1.54, 1.807) is 48.5 Å². The molecule has 27 heavy (non-hydrogen) atoms. The molecule has 0 aliphatic carbocycles. The number of carbonyl (C=O) groups excluding carboxylic acids is 2. The molecular formula is C22H19NO4. The number of methoxy groups -OCH3 is 1. The van der Waals surface area contributed by atoms with E-state index in [1.165, 1.54) is 7.11 Å². The van der Waals surface area contributed by atoms with Crippen molar-refractivity contribution >= 4 is 17.6 Å². The monoisotopic (exact) mass is 361 g/mol. The first kappa shape index (κ1) is 18.2. The lowest BCUT2D eigenvalue weighted by molar-refractivity contribution is 0.0600. The smallest absolute Gasteiger partial charge is 0.337 e. The molecule has 0 fully saturated rings. The van der Waals surface area contributed by atoms with E-state index in [0.717, 1.165) is 11.3 Å². The van der Waals surface area contributed by atoms with Crippen molar-refractivity contribution in [2.24, 2.45) is 0 Å². The Labute approximate surface area is 157 Å². The Kier molecular flexibility index (Phi) is 5.52. The predicted octanol–water partition coefficient (Wildman–Crippen LogP) is 4.83. The van der Waals surface area contributed by atoms with Crippen molar-refractivity contribution in [3.05, 3.63) is 89.5 Å². The van der Waals surface area contributed by atoms with Crippen LogP contribution in [0.25, 0.3) is 0 Å². The van der Waals surface area contributed by atoms with Crippen molar-refractivity contribution < 1.29 is 19.1 Å². The van der Waals surface area contributed by atoms with Crippen LogP contribution in [0.2, 0.25) is 0 Å². The number of esters is 1. The molecule has 0 heterocycles. The average Bonchev–Trinajstić information content (AvgIpc) is 2.68. The fourth-order valence-electron chi connectivity index (χ4n) is 2.50. The van der Waals surface area contributed by atoms with Crippen LogP contribution < -0.4 is 10.1 Å². The maximum atomic E-state index is 12.4. The molecule has 1 amide bonds. The molecule has 5 nitrogen and oxygen atoms in total. The van der Waals surface area contributed by atoms with Crippen LogP contribution in [0.15, 0.2) is 72.8 Å². The first-order chi connectivity index (χ1) is 13.0. The Morgan fingerprint density at radius 1 is 0.815 bits per heavy atom. The third-order valence-electron chi connectivity index (χ3n) is 3.91. The van der Waals surface area contributed by atoms with E-state index in [0.29, 0.717) is 22.6 Å². The third kappa shape index (κ3) is 4.73. The Morgan fingerprint density at radius 3 is 2.11 bits per heavy atom. The molecule has 3 aromatic rings. The minimum atomic E-state index is -0.419. The molecule has 3 aromatic carbocycles. The van der Waals surface area contributed by atoms with Crippen LogP contribution in [0.3, 0.4) is 0 Å². The summed E-state index contributed by atoms with van der Waals surface area (Å²) >= 11 is 0. The highest BCUT2D eigenvalue weighted by Gasteiger charge is 2.09. The lowest BCUT2D eigenvalue weighted by Gasteiger charge is -2.08. The van der Waals surface area contributed by atoms with Gasteiger partial charge < -0.3 is 14.8 Å². The molecule has 0 saturated heterocycles. The molecule has 1 N–H and O–H groups in total. The van der Waals surface area contributed by atoms with Gasteiger partial charge in [0.05, 0.1) is 12.7 Å². The number of carbonyl (C=O) groups is 2. The van der Waals surface area contributed by atoms with E-state index >= 15 is 0 Å². The van der Waals surface area contributed by atoms with Crippen molar-refractivity contribution in [3.8, 4) is 11.5 Å². The summed E-state index contributed by atoms with van der Waals surface area (Å²) in [6.07, 6.45) is 0. The van der Waals surface area contributed by atoms with Gasteiger partial charge in [0.1, 0.15) is 11.5 Å². The molecule has 136 valence electrons. The van der Waals surface area contributed by atoms with Gasteiger partial charge in [-0.2, -0.15) is 0 Å². The van der Waals surface area contributed by atoms with E-state index in [9.17, 15) is 9.59 Å². The number of aryl methyl sites for hydroxylation is 1. The fraction of sp³-hybridized carbons (Fsp3) is 0.0909. The first-order valence-electron chi connectivity index (χ1n) is 8.39. The number of ether oxygens (including phenoxy) is 2. The zero-order valence-corrected chi connectivity index (χ0v) is 15.1. The Balaban J connectivity index is 1.64. The summed E-state index contributed by atoms with van der Waals surface area (Å²) < 4.78 is 10.4. The standard InChI is InChI=1S/C22H19NO4/c1-15-4-3-5-20(14-15)27-19-12-8-16(9-13-19)21(24)23-18-10-6-17(7-11-18)22(25)26-2/h3-14H,1-2H3,(H,23,24). The Bertz CT molecular complexity index is 947. The second-order valence-corrected chi connectivity index (χ2v) is 5.97. The molecule has 0 spiro atoms. The molecule has 3 rings (SSSR count). The average molecular weight is 361 g/mol. The number of anilines is 1. The molecule has 0 aliphatic rings. The third-order valence-corrected chi connectivity index (χ3v) is 3.91. The second-order valence-electron chi connectivity index (χ2n) is 5.97. The number of hydrogen-bond donors (Lipinski definition) is 1. The summed E-state index contributed by atoms with van der Waals surface area (Å²) in [7, 11) is 1.32. The summed E-state index contributed by atoms with van der Waals surface area (Å²) in [5.74, 6) is 0.734. The van der Waals surface area contributed by atoms with Gasteiger partial charge >= 0.3 is 5.97 Å². The SMILES string of the molecule is COC(=O)c1ccc(NC(=O)c2ccc(Oc3cccc(C)c3)cc2)cc1. The summed E-state index contributed by atoms with van der Waals surface area (Å²) in [5, 5.41) is 2.79. The van der Waals surface area contributed by atoms with E-state index in [-0.39, 0.29) is 5.91 Å². The maximum Gasteiger partial charge on any atom is 0.337 e. The fourth-order valence-corrected chi connectivity index (χ4v) is 2.50. The number of amides is 1. The van der Waals surface area contributed by atoms with Gasteiger partial charge in [-0.25, -0.2) is 4.79 Å². The molecule has 0 aromatic heterocycles.